The van der Waals surface area contributed by atoms with Gasteiger partial charge in [0.2, 0.25) is 0 Å². The number of ether oxygens (including phenoxy) is 2. The predicted molar refractivity (Wildman–Crippen MR) is 128 cm³/mol. The lowest BCUT2D eigenvalue weighted by Gasteiger charge is -2.33. The Morgan fingerprint density at radius 3 is 2.15 bits per heavy atom. The Morgan fingerprint density at radius 1 is 0.853 bits per heavy atom. The number of fused-ring (bicyclic) bond motifs is 1. The Bertz CT molecular complexity index is 956. The normalized spacial score (nSPS) is 17.1. The van der Waals surface area contributed by atoms with E-state index in [0.717, 1.165) is 19.3 Å². The van der Waals surface area contributed by atoms with Gasteiger partial charge in [-0.15, -0.1) is 0 Å². The summed E-state index contributed by atoms with van der Waals surface area (Å²) >= 11 is 0. The van der Waals surface area contributed by atoms with Crippen molar-refractivity contribution >= 4 is 5.97 Å². The number of hydrogen-bond donors (Lipinski definition) is 4. The summed E-state index contributed by atoms with van der Waals surface area (Å²) in [5.41, 5.74) is 1.13. The first-order valence-corrected chi connectivity index (χ1v) is 12.3. The molecule has 7 nitrogen and oxygen atoms in total. The van der Waals surface area contributed by atoms with Gasteiger partial charge in [-0.2, -0.15) is 0 Å². The minimum Gasteiger partial charge on any atom is -0.504 e. The van der Waals surface area contributed by atoms with Crippen LogP contribution in [0.25, 0.3) is 0 Å². The molecule has 0 fully saturated rings. The van der Waals surface area contributed by atoms with Crippen molar-refractivity contribution in [2.75, 3.05) is 0 Å². The molecule has 186 valence electrons. The predicted octanol–water partition coefficient (Wildman–Crippen LogP) is 6.02. The quantitative estimate of drug-likeness (QED) is 0.170. The van der Waals surface area contributed by atoms with E-state index in [2.05, 4.69) is 6.92 Å². The highest BCUT2D eigenvalue weighted by molar-refractivity contribution is 5.69. The number of esters is 1. The van der Waals surface area contributed by atoms with Crippen LogP contribution in [0.15, 0.2) is 30.3 Å². The maximum Gasteiger partial charge on any atom is 0.306 e. The highest BCUT2D eigenvalue weighted by Crippen LogP contribution is 2.42. The number of aromatic hydroxyl groups is 4. The summed E-state index contributed by atoms with van der Waals surface area (Å²) in [5.74, 6) is -1.12. The molecule has 4 N–H and O–H groups in total. The second-order valence-electron chi connectivity index (χ2n) is 9.05. The van der Waals surface area contributed by atoms with Gasteiger partial charge in [-0.3, -0.25) is 4.79 Å². The molecular weight excluding hydrogens is 436 g/mol. The van der Waals surface area contributed by atoms with Gasteiger partial charge < -0.3 is 29.9 Å². The van der Waals surface area contributed by atoms with Crippen LogP contribution in [0.3, 0.4) is 0 Å². The van der Waals surface area contributed by atoms with Crippen molar-refractivity contribution in [1.82, 2.24) is 0 Å². The molecule has 2 atom stereocenters. The van der Waals surface area contributed by atoms with E-state index in [1.165, 1.54) is 62.8 Å². The van der Waals surface area contributed by atoms with Crippen molar-refractivity contribution in [3.8, 4) is 28.7 Å². The number of hydrogen-bond acceptors (Lipinski definition) is 7. The van der Waals surface area contributed by atoms with Gasteiger partial charge in [0.25, 0.3) is 0 Å². The molecule has 1 heterocycles. The SMILES string of the molecule is CCCCCCCCCCCC(=O)O[C@@H]1Cc2cc(O)c(O)cc2O[C@@H]1c1ccc(O)c(O)c1. The van der Waals surface area contributed by atoms with Crippen LogP contribution >= 0.6 is 0 Å². The average Bonchev–Trinajstić information content (AvgIpc) is 2.80. The van der Waals surface area contributed by atoms with Gasteiger partial charge >= 0.3 is 5.97 Å². The fourth-order valence-electron chi connectivity index (χ4n) is 4.32. The summed E-state index contributed by atoms with van der Waals surface area (Å²) in [4.78, 5) is 12.6. The van der Waals surface area contributed by atoms with Crippen molar-refractivity contribution in [3.05, 3.63) is 41.5 Å². The van der Waals surface area contributed by atoms with Gasteiger partial charge in [0.1, 0.15) is 11.9 Å². The molecule has 0 aliphatic carbocycles. The number of benzene rings is 2. The maximum atomic E-state index is 12.6. The second-order valence-corrected chi connectivity index (χ2v) is 9.05. The van der Waals surface area contributed by atoms with E-state index in [1.54, 1.807) is 6.07 Å². The van der Waals surface area contributed by atoms with Gasteiger partial charge in [-0.25, -0.2) is 0 Å². The van der Waals surface area contributed by atoms with Crippen LogP contribution in [0.5, 0.6) is 28.7 Å². The molecule has 1 aliphatic rings. The summed E-state index contributed by atoms with van der Waals surface area (Å²) in [6, 6.07) is 7.02. The molecule has 3 rings (SSSR count). The number of carbonyl (C=O) groups is 1. The minimum absolute atomic E-state index is 0.263. The zero-order chi connectivity index (χ0) is 24.5. The van der Waals surface area contributed by atoms with E-state index in [9.17, 15) is 25.2 Å². The lowest BCUT2D eigenvalue weighted by molar-refractivity contribution is -0.155. The number of unbranched alkanes of at least 4 members (excludes halogenated alkanes) is 8. The molecule has 0 saturated carbocycles. The van der Waals surface area contributed by atoms with Crippen LogP contribution in [0.1, 0.15) is 88.4 Å². The molecule has 0 unspecified atom stereocenters. The van der Waals surface area contributed by atoms with Crippen molar-refractivity contribution in [2.24, 2.45) is 0 Å². The largest absolute Gasteiger partial charge is 0.504 e. The van der Waals surface area contributed by atoms with Crippen molar-refractivity contribution < 1.29 is 34.7 Å². The molecule has 0 radical (unpaired) electrons. The monoisotopic (exact) mass is 472 g/mol. The molecule has 34 heavy (non-hydrogen) atoms. The van der Waals surface area contributed by atoms with Crippen LogP contribution in [-0.4, -0.2) is 32.5 Å². The van der Waals surface area contributed by atoms with Gasteiger partial charge in [0.15, 0.2) is 29.1 Å². The third-order valence-corrected chi connectivity index (χ3v) is 6.27. The van der Waals surface area contributed by atoms with Crippen LogP contribution in [0.2, 0.25) is 0 Å². The average molecular weight is 473 g/mol. The summed E-state index contributed by atoms with van der Waals surface area (Å²) in [7, 11) is 0. The fourth-order valence-corrected chi connectivity index (χ4v) is 4.32. The summed E-state index contributed by atoms with van der Waals surface area (Å²) in [5, 5.41) is 39.3. The first-order chi connectivity index (χ1) is 16.4. The fraction of sp³-hybridized carbons (Fsp3) is 0.519. The van der Waals surface area contributed by atoms with E-state index >= 15 is 0 Å². The van der Waals surface area contributed by atoms with Crippen LogP contribution in [-0.2, 0) is 16.0 Å². The Labute approximate surface area is 201 Å². The lowest BCUT2D eigenvalue weighted by atomic mass is 9.94. The number of phenolic OH excluding ortho intramolecular Hbond substituents is 4. The van der Waals surface area contributed by atoms with Crippen LogP contribution in [0, 0.1) is 0 Å². The number of carbonyl (C=O) groups excluding carboxylic acids is 1. The zero-order valence-electron chi connectivity index (χ0n) is 19.8. The Morgan fingerprint density at radius 2 is 1.47 bits per heavy atom. The molecule has 0 bridgehead atoms. The molecule has 0 spiro atoms. The van der Waals surface area contributed by atoms with E-state index in [0.29, 0.717) is 23.3 Å². The van der Waals surface area contributed by atoms with E-state index < -0.39 is 12.2 Å². The van der Waals surface area contributed by atoms with Crippen LogP contribution in [0.4, 0.5) is 0 Å². The molecule has 1 aliphatic heterocycles. The molecule has 0 amide bonds. The zero-order valence-corrected chi connectivity index (χ0v) is 19.8. The highest BCUT2D eigenvalue weighted by Gasteiger charge is 2.35. The number of rotatable bonds is 12. The minimum atomic E-state index is -0.741. The third kappa shape index (κ3) is 6.95. The van der Waals surface area contributed by atoms with Gasteiger partial charge in [-0.05, 0) is 24.6 Å². The lowest BCUT2D eigenvalue weighted by Crippen LogP contribution is -2.34. The smallest absolute Gasteiger partial charge is 0.306 e. The first kappa shape index (κ1) is 25.5. The highest BCUT2D eigenvalue weighted by atomic mass is 16.6. The second kappa shape index (κ2) is 12.4. The van der Waals surface area contributed by atoms with Gasteiger partial charge in [0.05, 0.1) is 0 Å². The van der Waals surface area contributed by atoms with E-state index in [-0.39, 0.29) is 35.4 Å². The Kier molecular flexibility index (Phi) is 9.31. The first-order valence-electron chi connectivity index (χ1n) is 12.3. The summed E-state index contributed by atoms with van der Waals surface area (Å²) < 4.78 is 11.8. The molecule has 0 aromatic heterocycles. The molecule has 2 aromatic carbocycles. The van der Waals surface area contributed by atoms with Gasteiger partial charge in [-0.1, -0.05) is 64.4 Å². The summed E-state index contributed by atoms with van der Waals surface area (Å²) in [6.07, 6.45) is 9.57. The molecule has 2 aromatic rings. The third-order valence-electron chi connectivity index (χ3n) is 6.27. The Hall–Kier alpha value is -3.09. The molecular formula is C27H36O7. The molecule has 7 heteroatoms. The van der Waals surface area contributed by atoms with Crippen molar-refractivity contribution in [1.29, 1.82) is 0 Å². The van der Waals surface area contributed by atoms with Crippen molar-refractivity contribution in [2.45, 2.75) is 89.8 Å². The standard InChI is InChI=1S/C27H36O7/c1-2-3-4-5-6-7-8-9-10-11-26(32)33-25-16-19-15-22(30)23(31)17-24(19)34-27(25)18-12-13-20(28)21(29)14-18/h12-15,17,25,27-31H,2-11,16H2,1H3/t25-,27-/m1/s1. The van der Waals surface area contributed by atoms with Gasteiger partial charge in [0, 0.05) is 30.0 Å². The molecule has 0 saturated heterocycles. The van der Waals surface area contributed by atoms with Crippen molar-refractivity contribution in [3.63, 3.8) is 0 Å². The van der Waals surface area contributed by atoms with Crippen LogP contribution < -0.4 is 4.74 Å². The topological polar surface area (TPSA) is 116 Å². The number of phenols is 4. The maximum absolute atomic E-state index is 12.6. The van der Waals surface area contributed by atoms with E-state index in [4.69, 9.17) is 9.47 Å². The summed E-state index contributed by atoms with van der Waals surface area (Å²) in [6.45, 7) is 2.21. The Balaban J connectivity index is 1.59. The van der Waals surface area contributed by atoms with E-state index in [1.807, 2.05) is 0 Å².